The third-order valence-electron chi connectivity index (χ3n) is 4.95. The Morgan fingerprint density at radius 1 is 1.00 bits per heavy atom. The summed E-state index contributed by atoms with van der Waals surface area (Å²) >= 11 is 0. The fourth-order valence-corrected chi connectivity index (χ4v) is 3.50. The van der Waals surface area contributed by atoms with Gasteiger partial charge in [-0.2, -0.15) is 9.97 Å². The van der Waals surface area contributed by atoms with Gasteiger partial charge in [0.2, 0.25) is 11.8 Å². The van der Waals surface area contributed by atoms with Gasteiger partial charge in [0.15, 0.2) is 11.6 Å². The van der Waals surface area contributed by atoms with E-state index in [2.05, 4.69) is 37.7 Å². The Balaban J connectivity index is 1.43. The highest BCUT2D eigenvalue weighted by Gasteiger charge is 2.39. The Labute approximate surface area is 152 Å². The molecule has 3 aromatic rings. The van der Waals surface area contributed by atoms with E-state index in [4.69, 9.17) is 9.05 Å². The lowest BCUT2D eigenvalue weighted by molar-refractivity contribution is 0.291. The van der Waals surface area contributed by atoms with Crippen LogP contribution in [0, 0.1) is 0 Å². The smallest absolute Gasteiger partial charge is 0.231 e. The molecule has 1 aliphatic carbocycles. The Kier molecular flexibility index (Phi) is 4.79. The average molecular weight is 353 g/mol. The second kappa shape index (κ2) is 7.37. The van der Waals surface area contributed by atoms with E-state index in [1.165, 1.54) is 0 Å². The van der Waals surface area contributed by atoms with Gasteiger partial charge in [0, 0.05) is 6.42 Å². The number of nitrogens with zero attached hydrogens (tertiary/aromatic N) is 4. The Bertz CT molecular complexity index is 837. The standard InChI is InChI=1S/C19H23N5O2/c1-2-16-22-18(24-25-16)19(10-6-7-11-19)20-13-15-21-17(26-23-15)12-14-8-4-3-5-9-14/h3-5,8-9,20H,2,6-7,10-13H2,1H3. The molecule has 1 saturated carbocycles. The number of aromatic nitrogens is 4. The molecule has 26 heavy (non-hydrogen) atoms. The van der Waals surface area contributed by atoms with Gasteiger partial charge >= 0.3 is 0 Å². The third-order valence-corrected chi connectivity index (χ3v) is 4.95. The van der Waals surface area contributed by atoms with Crippen LogP contribution in [0.2, 0.25) is 0 Å². The van der Waals surface area contributed by atoms with Crippen molar-refractivity contribution in [1.82, 2.24) is 25.6 Å². The van der Waals surface area contributed by atoms with E-state index < -0.39 is 0 Å². The summed E-state index contributed by atoms with van der Waals surface area (Å²) in [5, 5.41) is 11.9. The van der Waals surface area contributed by atoms with Crippen molar-refractivity contribution in [2.24, 2.45) is 0 Å². The van der Waals surface area contributed by atoms with Crippen LogP contribution >= 0.6 is 0 Å². The molecule has 0 amide bonds. The van der Waals surface area contributed by atoms with Crippen LogP contribution in [0.25, 0.3) is 0 Å². The van der Waals surface area contributed by atoms with Crippen LogP contribution in [0.5, 0.6) is 0 Å². The molecular formula is C19H23N5O2. The van der Waals surface area contributed by atoms with E-state index in [1.54, 1.807) is 0 Å². The fraction of sp³-hybridized carbons (Fsp3) is 0.474. The van der Waals surface area contributed by atoms with Crippen molar-refractivity contribution in [2.75, 3.05) is 0 Å². The van der Waals surface area contributed by atoms with Crippen molar-refractivity contribution < 1.29 is 9.05 Å². The van der Waals surface area contributed by atoms with Crippen molar-refractivity contribution in [1.29, 1.82) is 0 Å². The molecule has 0 saturated heterocycles. The van der Waals surface area contributed by atoms with Gasteiger partial charge in [0.1, 0.15) is 0 Å². The largest absolute Gasteiger partial charge is 0.339 e. The van der Waals surface area contributed by atoms with Gasteiger partial charge in [0.05, 0.1) is 18.5 Å². The zero-order valence-corrected chi connectivity index (χ0v) is 14.9. The molecule has 1 N–H and O–H groups in total. The highest BCUT2D eigenvalue weighted by molar-refractivity contribution is 5.18. The van der Waals surface area contributed by atoms with Gasteiger partial charge in [-0.15, -0.1) is 0 Å². The van der Waals surface area contributed by atoms with Crippen LogP contribution in [-0.2, 0) is 24.9 Å². The van der Waals surface area contributed by atoms with Crippen LogP contribution in [0.15, 0.2) is 39.4 Å². The minimum atomic E-state index is -0.253. The molecule has 4 rings (SSSR count). The van der Waals surface area contributed by atoms with E-state index in [-0.39, 0.29) is 5.54 Å². The molecule has 1 aliphatic rings. The molecular weight excluding hydrogens is 330 g/mol. The maximum absolute atomic E-state index is 5.39. The summed E-state index contributed by atoms with van der Waals surface area (Å²) in [7, 11) is 0. The van der Waals surface area contributed by atoms with Crippen molar-refractivity contribution >= 4 is 0 Å². The Morgan fingerprint density at radius 2 is 1.77 bits per heavy atom. The molecule has 0 atom stereocenters. The zero-order chi connectivity index (χ0) is 17.8. The first-order valence-corrected chi connectivity index (χ1v) is 9.21. The minimum Gasteiger partial charge on any atom is -0.339 e. The van der Waals surface area contributed by atoms with Crippen LogP contribution in [-0.4, -0.2) is 20.3 Å². The van der Waals surface area contributed by atoms with Crippen LogP contribution in [0.1, 0.15) is 61.6 Å². The summed E-state index contributed by atoms with van der Waals surface area (Å²) in [5.74, 6) is 2.71. The van der Waals surface area contributed by atoms with Gasteiger partial charge in [-0.1, -0.05) is 60.4 Å². The lowest BCUT2D eigenvalue weighted by Crippen LogP contribution is -2.40. The molecule has 0 spiro atoms. The van der Waals surface area contributed by atoms with Crippen LogP contribution in [0.4, 0.5) is 0 Å². The van der Waals surface area contributed by atoms with E-state index in [1.807, 2.05) is 25.1 Å². The molecule has 0 bridgehead atoms. The predicted molar refractivity (Wildman–Crippen MR) is 94.2 cm³/mol. The quantitative estimate of drug-likeness (QED) is 0.697. The highest BCUT2D eigenvalue weighted by Crippen LogP contribution is 2.37. The van der Waals surface area contributed by atoms with E-state index in [0.717, 1.165) is 43.5 Å². The first kappa shape index (κ1) is 16.9. The molecule has 0 unspecified atom stereocenters. The number of rotatable bonds is 7. The van der Waals surface area contributed by atoms with Gasteiger partial charge in [-0.05, 0) is 18.4 Å². The first-order valence-electron chi connectivity index (χ1n) is 9.21. The molecule has 2 heterocycles. The van der Waals surface area contributed by atoms with Crippen LogP contribution in [0.3, 0.4) is 0 Å². The Morgan fingerprint density at radius 3 is 2.50 bits per heavy atom. The second-order valence-corrected chi connectivity index (χ2v) is 6.77. The maximum atomic E-state index is 5.39. The van der Waals surface area contributed by atoms with Gasteiger partial charge < -0.3 is 9.05 Å². The SMILES string of the molecule is CCc1nc(C2(NCc3noc(Cc4ccccc4)n3)CCCC2)no1. The third kappa shape index (κ3) is 3.53. The topological polar surface area (TPSA) is 89.9 Å². The molecule has 7 heteroatoms. The molecule has 0 aliphatic heterocycles. The summed E-state index contributed by atoms with van der Waals surface area (Å²) < 4.78 is 10.7. The molecule has 136 valence electrons. The number of nitrogens with one attached hydrogen (secondary N) is 1. The van der Waals surface area contributed by atoms with E-state index in [9.17, 15) is 0 Å². The highest BCUT2D eigenvalue weighted by atomic mass is 16.5. The summed E-state index contributed by atoms with van der Waals surface area (Å²) in [6.07, 6.45) is 5.66. The Hall–Kier alpha value is -2.54. The second-order valence-electron chi connectivity index (χ2n) is 6.77. The van der Waals surface area contributed by atoms with Crippen LogP contribution < -0.4 is 5.32 Å². The van der Waals surface area contributed by atoms with Crippen molar-refractivity contribution in [3.8, 4) is 0 Å². The maximum Gasteiger partial charge on any atom is 0.231 e. The average Bonchev–Trinajstić information content (AvgIpc) is 3.42. The number of hydrogen-bond acceptors (Lipinski definition) is 7. The summed E-state index contributed by atoms with van der Waals surface area (Å²) in [5.41, 5.74) is 0.902. The lowest BCUT2D eigenvalue weighted by atomic mass is 9.96. The van der Waals surface area contributed by atoms with Gasteiger partial charge in [0.25, 0.3) is 0 Å². The van der Waals surface area contributed by atoms with Crippen molar-refractivity contribution in [2.45, 2.75) is 57.5 Å². The summed E-state index contributed by atoms with van der Waals surface area (Å²) in [6, 6.07) is 10.1. The molecule has 7 nitrogen and oxygen atoms in total. The lowest BCUT2D eigenvalue weighted by Gasteiger charge is -2.26. The first-order chi connectivity index (χ1) is 12.8. The normalized spacial score (nSPS) is 16.2. The monoisotopic (exact) mass is 353 g/mol. The molecule has 1 aromatic carbocycles. The summed E-state index contributed by atoms with van der Waals surface area (Å²) in [6.45, 7) is 2.54. The predicted octanol–water partition coefficient (Wildman–Crippen LogP) is 3.16. The molecule has 0 radical (unpaired) electrons. The van der Waals surface area contributed by atoms with Gasteiger partial charge in [-0.25, -0.2) is 0 Å². The van der Waals surface area contributed by atoms with Gasteiger partial charge in [-0.3, -0.25) is 5.32 Å². The van der Waals surface area contributed by atoms with Crippen molar-refractivity contribution in [3.05, 3.63) is 59.3 Å². The van der Waals surface area contributed by atoms with Crippen molar-refractivity contribution in [3.63, 3.8) is 0 Å². The minimum absolute atomic E-state index is 0.253. The van der Waals surface area contributed by atoms with E-state index in [0.29, 0.717) is 30.6 Å². The fourth-order valence-electron chi connectivity index (χ4n) is 3.50. The number of hydrogen-bond donors (Lipinski definition) is 1. The number of aryl methyl sites for hydroxylation is 1. The zero-order valence-electron chi connectivity index (χ0n) is 14.9. The molecule has 2 aromatic heterocycles. The van der Waals surface area contributed by atoms with E-state index >= 15 is 0 Å². The number of benzene rings is 1. The molecule has 1 fully saturated rings. The summed E-state index contributed by atoms with van der Waals surface area (Å²) in [4.78, 5) is 9.06.